The average Bonchev–Trinajstić information content (AvgIpc) is 2.87. The number of rotatable bonds is 6. The minimum absolute atomic E-state index is 0.0318. The highest BCUT2D eigenvalue weighted by Gasteiger charge is 2.23. The van der Waals surface area contributed by atoms with Gasteiger partial charge in [-0.05, 0) is 60.7 Å². The fourth-order valence-corrected chi connectivity index (χ4v) is 4.06. The Morgan fingerprint density at radius 3 is 2.50 bits per heavy atom. The minimum atomic E-state index is -0.467. The molecule has 0 saturated carbocycles. The van der Waals surface area contributed by atoms with Gasteiger partial charge in [-0.3, -0.25) is 15.1 Å². The number of nitrogens with zero attached hydrogens (tertiary/aromatic N) is 2. The molecule has 1 heterocycles. The zero-order valence-corrected chi connectivity index (χ0v) is 19.2. The number of carbonyl (C=O) groups is 2. The lowest BCUT2D eigenvalue weighted by molar-refractivity contribution is -0.118. The second kappa shape index (κ2) is 10.2. The molecule has 0 atom stereocenters. The molecule has 0 spiro atoms. The average molecular weight is 457 g/mol. The highest BCUT2D eigenvalue weighted by atomic mass is 16.6. The predicted octanol–water partition coefficient (Wildman–Crippen LogP) is 4.52. The Balaban J connectivity index is 1.40. The van der Waals surface area contributed by atoms with Gasteiger partial charge in [-0.1, -0.05) is 42.5 Å². The number of nitrogens with one attached hydrogen (secondary N) is 1. The summed E-state index contributed by atoms with van der Waals surface area (Å²) in [6, 6.07) is 22.2. The van der Waals surface area contributed by atoms with E-state index < -0.39 is 6.09 Å². The first-order chi connectivity index (χ1) is 16.4. The van der Waals surface area contributed by atoms with E-state index >= 15 is 0 Å². The van der Waals surface area contributed by atoms with E-state index in [1.807, 2.05) is 59.5 Å². The molecule has 0 aromatic heterocycles. The number of hydrogen-bond donors (Lipinski definition) is 2. The van der Waals surface area contributed by atoms with Crippen molar-refractivity contribution in [3.8, 4) is 5.75 Å². The third kappa shape index (κ3) is 5.26. The van der Waals surface area contributed by atoms with Crippen molar-refractivity contribution < 1.29 is 14.3 Å². The zero-order chi connectivity index (χ0) is 24.1. The van der Waals surface area contributed by atoms with E-state index in [2.05, 4.69) is 0 Å². The van der Waals surface area contributed by atoms with Crippen molar-refractivity contribution >= 4 is 29.2 Å². The number of aryl methyl sites for hydroxylation is 2. The maximum atomic E-state index is 13.0. The summed E-state index contributed by atoms with van der Waals surface area (Å²) in [6.45, 7) is 0.672. The first-order valence-corrected chi connectivity index (χ1v) is 11.3. The molecule has 0 saturated heterocycles. The molecule has 7 nitrogen and oxygen atoms in total. The maximum absolute atomic E-state index is 13.0. The summed E-state index contributed by atoms with van der Waals surface area (Å²) in [7, 11) is 1.67. The Morgan fingerprint density at radius 2 is 1.79 bits per heavy atom. The summed E-state index contributed by atoms with van der Waals surface area (Å²) < 4.78 is 5.58. The molecule has 3 aromatic carbocycles. The van der Waals surface area contributed by atoms with Crippen LogP contribution < -0.4 is 20.3 Å². The van der Waals surface area contributed by atoms with Crippen molar-refractivity contribution in [2.75, 3.05) is 23.4 Å². The van der Waals surface area contributed by atoms with Gasteiger partial charge >= 0.3 is 6.09 Å². The molecular weight excluding hydrogens is 428 g/mol. The molecule has 3 aromatic rings. The number of nitrogens with two attached hydrogens (primary N) is 1. The lowest BCUT2D eigenvalue weighted by Crippen LogP contribution is -2.35. The van der Waals surface area contributed by atoms with Crippen molar-refractivity contribution in [2.24, 2.45) is 5.73 Å². The van der Waals surface area contributed by atoms with Crippen molar-refractivity contribution in [3.63, 3.8) is 0 Å². The normalized spacial score (nSPS) is 12.6. The van der Waals surface area contributed by atoms with Gasteiger partial charge in [-0.2, -0.15) is 0 Å². The molecule has 0 bridgehead atoms. The van der Waals surface area contributed by atoms with E-state index in [1.165, 1.54) is 4.90 Å². The molecule has 0 unspecified atom stereocenters. The van der Waals surface area contributed by atoms with Crippen LogP contribution in [0.2, 0.25) is 0 Å². The molecule has 174 valence electrons. The van der Waals surface area contributed by atoms with Crippen molar-refractivity contribution in [1.82, 2.24) is 0 Å². The highest BCUT2D eigenvalue weighted by Crippen LogP contribution is 2.31. The van der Waals surface area contributed by atoms with Gasteiger partial charge in [0.2, 0.25) is 5.91 Å². The Kier molecular flexibility index (Phi) is 6.92. The topological polar surface area (TPSA) is 99.7 Å². The van der Waals surface area contributed by atoms with Crippen LogP contribution in [-0.4, -0.2) is 31.4 Å². The van der Waals surface area contributed by atoms with E-state index in [9.17, 15) is 9.59 Å². The molecule has 2 amide bonds. The Morgan fingerprint density at radius 1 is 1.06 bits per heavy atom. The molecule has 34 heavy (non-hydrogen) atoms. The first kappa shape index (κ1) is 23.0. The van der Waals surface area contributed by atoms with Crippen LogP contribution in [0.15, 0.2) is 72.8 Å². The smallest absolute Gasteiger partial charge is 0.410 e. The Hall–Kier alpha value is -4.13. The van der Waals surface area contributed by atoms with Crippen molar-refractivity contribution in [2.45, 2.75) is 25.7 Å². The fraction of sp³-hybridized carbons (Fsp3) is 0.222. The van der Waals surface area contributed by atoms with E-state index in [4.69, 9.17) is 15.9 Å². The monoisotopic (exact) mass is 456 g/mol. The number of amidine groups is 1. The molecule has 4 rings (SSSR count). The number of fused-ring (bicyclic) bond motifs is 1. The van der Waals surface area contributed by atoms with Crippen molar-refractivity contribution in [1.29, 1.82) is 5.41 Å². The van der Waals surface area contributed by atoms with E-state index in [0.29, 0.717) is 30.7 Å². The lowest BCUT2D eigenvalue weighted by atomic mass is 10.00. The van der Waals surface area contributed by atoms with Crippen LogP contribution in [0.25, 0.3) is 0 Å². The lowest BCUT2D eigenvalue weighted by Gasteiger charge is -2.30. The molecule has 1 aliphatic heterocycles. The molecule has 0 aliphatic carbocycles. The number of amides is 2. The predicted molar refractivity (Wildman–Crippen MR) is 134 cm³/mol. The number of anilines is 2. The van der Waals surface area contributed by atoms with Gasteiger partial charge in [0.1, 0.15) is 11.6 Å². The fourth-order valence-electron chi connectivity index (χ4n) is 4.06. The summed E-state index contributed by atoms with van der Waals surface area (Å²) >= 11 is 0. The first-order valence-electron chi connectivity index (χ1n) is 11.3. The summed E-state index contributed by atoms with van der Waals surface area (Å²) in [5.74, 6) is 0.556. The quantitative estimate of drug-likeness (QED) is 0.421. The van der Waals surface area contributed by atoms with Gasteiger partial charge in [0, 0.05) is 37.0 Å². The van der Waals surface area contributed by atoms with Crippen LogP contribution in [0.3, 0.4) is 0 Å². The molecule has 0 fully saturated rings. The second-order valence-corrected chi connectivity index (χ2v) is 8.31. The Labute approximate surface area is 199 Å². The van der Waals surface area contributed by atoms with Gasteiger partial charge in [0.05, 0.1) is 0 Å². The Bertz CT molecular complexity index is 1190. The number of para-hydroxylation sites is 1. The summed E-state index contributed by atoms with van der Waals surface area (Å²) in [5, 5.41) is 7.48. The number of carbonyl (C=O) groups excluding carboxylic acids is 2. The van der Waals surface area contributed by atoms with Gasteiger partial charge < -0.3 is 15.4 Å². The molecule has 0 radical (unpaired) electrons. The summed E-state index contributed by atoms with van der Waals surface area (Å²) in [6.07, 6.45) is 2.21. The highest BCUT2D eigenvalue weighted by molar-refractivity contribution is 5.96. The second-order valence-electron chi connectivity index (χ2n) is 8.31. The standard InChI is InChI=1S/C27H28N4O3/c1-30(22-7-3-2-4-8-22)27(33)34-23-14-15-24-21(18-23)6-5-17-31(24)25(32)16-11-19-9-12-20(13-10-19)26(28)29/h2-4,7-10,12-15,18H,5-6,11,16-17H2,1H3,(H3,28,29). The third-order valence-electron chi connectivity index (χ3n) is 5.99. The summed E-state index contributed by atoms with van der Waals surface area (Å²) in [4.78, 5) is 28.8. The van der Waals surface area contributed by atoms with Gasteiger partial charge in [0.25, 0.3) is 0 Å². The number of nitrogen functional groups attached to an aromatic ring is 1. The SMILES string of the molecule is CN(C(=O)Oc1ccc2c(c1)CCCN2C(=O)CCc1ccc(C(=N)N)cc1)c1ccccc1. The van der Waals surface area contributed by atoms with Crippen LogP contribution in [-0.2, 0) is 17.6 Å². The van der Waals surface area contributed by atoms with Crippen LogP contribution in [0.5, 0.6) is 5.75 Å². The number of ether oxygens (including phenoxy) is 1. The van der Waals surface area contributed by atoms with Crippen molar-refractivity contribution in [3.05, 3.63) is 89.5 Å². The molecule has 1 aliphatic rings. The minimum Gasteiger partial charge on any atom is -0.410 e. The number of benzene rings is 3. The molecule has 3 N–H and O–H groups in total. The van der Waals surface area contributed by atoms with E-state index in [0.717, 1.165) is 35.3 Å². The zero-order valence-electron chi connectivity index (χ0n) is 19.2. The van der Waals surface area contributed by atoms with Crippen LogP contribution in [0, 0.1) is 5.41 Å². The largest absolute Gasteiger partial charge is 0.419 e. The van der Waals surface area contributed by atoms with E-state index in [-0.39, 0.29) is 11.7 Å². The third-order valence-corrected chi connectivity index (χ3v) is 5.99. The van der Waals surface area contributed by atoms with Crippen LogP contribution in [0.4, 0.5) is 16.2 Å². The molecular formula is C27H28N4O3. The van der Waals surface area contributed by atoms with E-state index in [1.54, 1.807) is 25.2 Å². The maximum Gasteiger partial charge on any atom is 0.419 e. The van der Waals surface area contributed by atoms with Gasteiger partial charge in [-0.25, -0.2) is 4.79 Å². The van der Waals surface area contributed by atoms with Crippen LogP contribution >= 0.6 is 0 Å². The van der Waals surface area contributed by atoms with Crippen LogP contribution in [0.1, 0.15) is 29.5 Å². The summed E-state index contributed by atoms with van der Waals surface area (Å²) in [5.41, 5.74) is 9.82. The van der Waals surface area contributed by atoms with Gasteiger partial charge in [0.15, 0.2) is 0 Å². The molecule has 7 heteroatoms. The number of hydrogen-bond acceptors (Lipinski definition) is 4. The van der Waals surface area contributed by atoms with Gasteiger partial charge in [-0.15, -0.1) is 0 Å².